The number of hydrogen-bond acceptors (Lipinski definition) is 4. The zero-order chi connectivity index (χ0) is 17.2. The number of rotatable bonds is 5. The van der Waals surface area contributed by atoms with E-state index in [9.17, 15) is 4.79 Å². The number of aromatic nitrogens is 2. The van der Waals surface area contributed by atoms with Gasteiger partial charge in [0.15, 0.2) is 0 Å². The van der Waals surface area contributed by atoms with Crippen molar-refractivity contribution in [2.24, 2.45) is 0 Å². The fraction of sp³-hybridized carbons (Fsp3) is 0.474. The minimum Gasteiger partial charge on any atom is -0.376 e. The molecule has 0 amide bonds. The average Bonchev–Trinajstić information content (AvgIpc) is 3.29. The molecule has 25 heavy (non-hydrogen) atoms. The quantitative estimate of drug-likeness (QED) is 0.587. The first kappa shape index (κ1) is 17.1. The second kappa shape index (κ2) is 7.52. The Hall–Kier alpha value is -1.30. The summed E-state index contributed by atoms with van der Waals surface area (Å²) >= 11 is 7.59. The van der Waals surface area contributed by atoms with Crippen LogP contribution in [-0.4, -0.2) is 22.3 Å². The van der Waals surface area contributed by atoms with Gasteiger partial charge in [-0.3, -0.25) is 4.57 Å². The van der Waals surface area contributed by atoms with E-state index in [-0.39, 0.29) is 11.8 Å². The average molecular weight is 377 g/mol. The van der Waals surface area contributed by atoms with Crippen molar-refractivity contribution in [3.8, 4) is 0 Å². The number of hydrogen-bond donors (Lipinski definition) is 0. The van der Waals surface area contributed by atoms with Crippen molar-refractivity contribution in [1.29, 1.82) is 0 Å². The van der Waals surface area contributed by atoms with Gasteiger partial charge in [0.2, 0.25) is 0 Å². The maximum absolute atomic E-state index is 12.6. The van der Waals surface area contributed by atoms with Crippen LogP contribution in [0.3, 0.4) is 0 Å². The van der Waals surface area contributed by atoms with Crippen LogP contribution in [0.5, 0.6) is 0 Å². The van der Waals surface area contributed by atoms with Crippen molar-refractivity contribution in [1.82, 2.24) is 9.55 Å². The monoisotopic (exact) mass is 376 g/mol. The summed E-state index contributed by atoms with van der Waals surface area (Å²) in [4.78, 5) is 17.0. The molecule has 6 heteroatoms. The molecule has 1 saturated heterocycles. The highest BCUT2D eigenvalue weighted by Gasteiger charge is 2.25. The Labute approximate surface area is 156 Å². The van der Waals surface area contributed by atoms with Gasteiger partial charge in [-0.25, -0.2) is 4.79 Å². The van der Waals surface area contributed by atoms with Crippen molar-refractivity contribution < 1.29 is 4.74 Å². The lowest BCUT2D eigenvalue weighted by molar-refractivity contribution is 0.0950. The van der Waals surface area contributed by atoms with Gasteiger partial charge in [0.25, 0.3) is 0 Å². The van der Waals surface area contributed by atoms with Crippen LogP contribution in [-0.2, 0) is 29.9 Å². The molecule has 1 aromatic carbocycles. The van der Waals surface area contributed by atoms with E-state index in [4.69, 9.17) is 16.3 Å². The van der Waals surface area contributed by atoms with Crippen molar-refractivity contribution in [2.45, 2.75) is 55.5 Å². The smallest absolute Gasteiger partial charge is 0.348 e. The number of fused-ring (bicyclic) bond motifs is 1. The molecule has 0 bridgehead atoms. The molecule has 0 radical (unpaired) electrons. The van der Waals surface area contributed by atoms with Crippen LogP contribution in [0.4, 0.5) is 0 Å². The van der Waals surface area contributed by atoms with Crippen molar-refractivity contribution in [3.63, 3.8) is 0 Å². The SMILES string of the molecule is O=c1nc(SCc2ccc(Cl)cc2)c2c(n1CC1CCCO1)CCC2. The summed E-state index contributed by atoms with van der Waals surface area (Å²) in [6, 6.07) is 7.84. The Bertz CT molecular complexity index is 813. The Morgan fingerprint density at radius 3 is 2.84 bits per heavy atom. The van der Waals surface area contributed by atoms with E-state index in [1.807, 2.05) is 28.8 Å². The first-order valence-corrected chi connectivity index (χ1v) is 10.2. The number of benzene rings is 1. The minimum absolute atomic E-state index is 0.130. The first-order valence-electron chi connectivity index (χ1n) is 8.82. The molecular formula is C19H21ClN2O2S. The molecule has 4 nitrogen and oxygen atoms in total. The number of ether oxygens (including phenoxy) is 1. The fourth-order valence-corrected chi connectivity index (χ4v) is 4.78. The van der Waals surface area contributed by atoms with Crippen molar-refractivity contribution in [2.75, 3.05) is 6.61 Å². The molecule has 2 aliphatic rings. The van der Waals surface area contributed by atoms with Crippen LogP contribution in [0.25, 0.3) is 0 Å². The summed E-state index contributed by atoms with van der Waals surface area (Å²) < 4.78 is 7.58. The fourth-order valence-electron chi connectivity index (χ4n) is 3.62. The van der Waals surface area contributed by atoms with E-state index in [0.29, 0.717) is 6.54 Å². The minimum atomic E-state index is -0.130. The van der Waals surface area contributed by atoms with Gasteiger partial charge in [-0.05, 0) is 49.8 Å². The molecule has 1 aliphatic heterocycles. The maximum Gasteiger partial charge on any atom is 0.348 e. The second-order valence-corrected chi connectivity index (χ2v) is 8.04. The van der Waals surface area contributed by atoms with Crippen LogP contribution in [0.2, 0.25) is 5.02 Å². The molecule has 1 atom stereocenters. The molecule has 0 N–H and O–H groups in total. The molecule has 2 heterocycles. The van der Waals surface area contributed by atoms with Crippen LogP contribution >= 0.6 is 23.4 Å². The highest BCUT2D eigenvalue weighted by atomic mass is 35.5. The summed E-state index contributed by atoms with van der Waals surface area (Å²) in [5.41, 5.74) is 3.49. The first-order chi connectivity index (χ1) is 12.2. The largest absolute Gasteiger partial charge is 0.376 e. The predicted octanol–water partition coefficient (Wildman–Crippen LogP) is 3.86. The summed E-state index contributed by atoms with van der Waals surface area (Å²) in [5, 5.41) is 1.64. The van der Waals surface area contributed by atoms with Gasteiger partial charge in [0.1, 0.15) is 5.03 Å². The van der Waals surface area contributed by atoms with E-state index >= 15 is 0 Å². The van der Waals surface area contributed by atoms with Gasteiger partial charge in [-0.15, -0.1) is 11.8 Å². The lowest BCUT2D eigenvalue weighted by Crippen LogP contribution is -2.31. The Morgan fingerprint density at radius 1 is 1.24 bits per heavy atom. The van der Waals surface area contributed by atoms with Gasteiger partial charge in [-0.2, -0.15) is 4.98 Å². The maximum atomic E-state index is 12.6. The summed E-state index contributed by atoms with van der Waals surface area (Å²) in [6.45, 7) is 1.46. The van der Waals surface area contributed by atoms with E-state index in [0.717, 1.165) is 54.5 Å². The molecule has 1 aromatic heterocycles. The molecule has 0 spiro atoms. The van der Waals surface area contributed by atoms with E-state index in [2.05, 4.69) is 4.98 Å². The van der Waals surface area contributed by atoms with E-state index in [1.165, 1.54) is 16.8 Å². The van der Waals surface area contributed by atoms with Crippen LogP contribution in [0, 0.1) is 0 Å². The molecular weight excluding hydrogens is 356 g/mol. The lowest BCUT2D eigenvalue weighted by atomic mass is 10.2. The standard InChI is InChI=1S/C19H21ClN2O2S/c20-14-8-6-13(7-9-14)12-25-18-16-4-1-5-17(16)22(19(23)21-18)11-15-3-2-10-24-15/h6-9,15H,1-5,10-12H2. The number of nitrogens with zero attached hydrogens (tertiary/aromatic N) is 2. The summed E-state index contributed by atoms with van der Waals surface area (Å²) in [6.07, 6.45) is 5.36. The van der Waals surface area contributed by atoms with E-state index < -0.39 is 0 Å². The third kappa shape index (κ3) is 3.78. The molecule has 4 rings (SSSR count). The van der Waals surface area contributed by atoms with Crippen molar-refractivity contribution >= 4 is 23.4 Å². The van der Waals surface area contributed by atoms with Crippen LogP contribution in [0.15, 0.2) is 34.1 Å². The number of halogens is 1. The predicted molar refractivity (Wildman–Crippen MR) is 101 cm³/mol. The molecule has 1 unspecified atom stereocenters. The molecule has 2 aromatic rings. The van der Waals surface area contributed by atoms with Crippen LogP contribution < -0.4 is 5.69 Å². The van der Waals surface area contributed by atoms with Crippen molar-refractivity contribution in [3.05, 3.63) is 56.6 Å². The lowest BCUT2D eigenvalue weighted by Gasteiger charge is -2.17. The zero-order valence-corrected chi connectivity index (χ0v) is 15.6. The highest BCUT2D eigenvalue weighted by Crippen LogP contribution is 2.31. The number of thioether (sulfide) groups is 1. The molecule has 1 aliphatic carbocycles. The normalized spacial score (nSPS) is 19.3. The van der Waals surface area contributed by atoms with Gasteiger partial charge < -0.3 is 4.74 Å². The molecule has 0 saturated carbocycles. The van der Waals surface area contributed by atoms with E-state index in [1.54, 1.807) is 11.8 Å². The summed E-state index contributed by atoms with van der Waals surface area (Å²) in [7, 11) is 0. The van der Waals surface area contributed by atoms with Gasteiger partial charge >= 0.3 is 5.69 Å². The van der Waals surface area contributed by atoms with Gasteiger partial charge in [0, 0.05) is 28.6 Å². The molecule has 1 fully saturated rings. The third-order valence-corrected chi connectivity index (χ3v) is 6.24. The topological polar surface area (TPSA) is 44.1 Å². The van der Waals surface area contributed by atoms with Crippen LogP contribution in [0.1, 0.15) is 36.1 Å². The van der Waals surface area contributed by atoms with Gasteiger partial charge in [-0.1, -0.05) is 23.7 Å². The zero-order valence-electron chi connectivity index (χ0n) is 14.0. The Morgan fingerprint density at radius 2 is 2.08 bits per heavy atom. The summed E-state index contributed by atoms with van der Waals surface area (Å²) in [5.74, 6) is 0.797. The third-order valence-electron chi connectivity index (χ3n) is 4.90. The highest BCUT2D eigenvalue weighted by molar-refractivity contribution is 7.98. The van der Waals surface area contributed by atoms with Gasteiger partial charge in [0.05, 0.1) is 12.6 Å². The Kier molecular flexibility index (Phi) is 5.15. The Balaban J connectivity index is 1.56. The molecule has 132 valence electrons. The second-order valence-electron chi connectivity index (χ2n) is 6.64.